The summed E-state index contributed by atoms with van der Waals surface area (Å²) in [4.78, 5) is 50.1. The van der Waals surface area contributed by atoms with Crippen molar-refractivity contribution >= 4 is 23.9 Å². The number of fused-ring (bicyclic) bond motifs is 3. The van der Waals surface area contributed by atoms with E-state index < -0.39 is 30.4 Å². The van der Waals surface area contributed by atoms with Crippen LogP contribution in [0.25, 0.3) is 11.1 Å². The van der Waals surface area contributed by atoms with Gasteiger partial charge < -0.3 is 30.1 Å². The number of alkyl carbamates (subject to hydrolysis) is 1. The van der Waals surface area contributed by atoms with Crippen molar-refractivity contribution in [2.45, 2.75) is 18.4 Å². The summed E-state index contributed by atoms with van der Waals surface area (Å²) in [6, 6.07) is 14.3. The molecule has 35 heavy (non-hydrogen) atoms. The number of hydrogen-bond donors (Lipinski definition) is 3. The lowest BCUT2D eigenvalue weighted by Crippen LogP contribution is -2.51. The van der Waals surface area contributed by atoms with Crippen LogP contribution in [0, 0.1) is 0 Å². The van der Waals surface area contributed by atoms with E-state index in [0.29, 0.717) is 26.3 Å². The Labute approximate surface area is 202 Å². The summed E-state index contributed by atoms with van der Waals surface area (Å²) in [5.41, 5.74) is 4.21. The van der Waals surface area contributed by atoms with Crippen molar-refractivity contribution in [1.82, 2.24) is 15.5 Å². The Hall–Kier alpha value is -3.92. The maximum Gasteiger partial charge on any atom is 0.407 e. The van der Waals surface area contributed by atoms with E-state index in [1.165, 1.54) is 0 Å². The van der Waals surface area contributed by atoms with Crippen LogP contribution in [0.3, 0.4) is 0 Å². The number of amides is 3. The Morgan fingerprint density at radius 2 is 1.60 bits per heavy atom. The monoisotopic (exact) mass is 481 g/mol. The van der Waals surface area contributed by atoms with Crippen LogP contribution in [-0.2, 0) is 23.9 Å². The molecule has 10 nitrogen and oxygen atoms in total. The summed E-state index contributed by atoms with van der Waals surface area (Å²) in [7, 11) is 0. The van der Waals surface area contributed by atoms with E-state index in [0.717, 1.165) is 22.3 Å². The van der Waals surface area contributed by atoms with Crippen molar-refractivity contribution in [3.8, 4) is 11.1 Å². The minimum atomic E-state index is -1.39. The second-order valence-electron chi connectivity index (χ2n) is 8.33. The van der Waals surface area contributed by atoms with Gasteiger partial charge in [0.1, 0.15) is 12.6 Å². The van der Waals surface area contributed by atoms with Gasteiger partial charge in [0.25, 0.3) is 0 Å². The average Bonchev–Trinajstić information content (AvgIpc) is 3.19. The molecule has 184 valence electrons. The van der Waals surface area contributed by atoms with Crippen molar-refractivity contribution in [2.75, 3.05) is 39.5 Å². The van der Waals surface area contributed by atoms with Gasteiger partial charge in [-0.25, -0.2) is 4.79 Å². The predicted molar refractivity (Wildman–Crippen MR) is 125 cm³/mol. The number of hydrogen-bond acceptors (Lipinski definition) is 6. The smallest absolute Gasteiger partial charge is 0.407 e. The third-order valence-electron chi connectivity index (χ3n) is 6.11. The number of aliphatic carboxylic acids is 1. The molecule has 1 heterocycles. The van der Waals surface area contributed by atoms with E-state index in [9.17, 15) is 24.3 Å². The third kappa shape index (κ3) is 5.78. The number of ether oxygens (including phenoxy) is 2. The maximum atomic E-state index is 12.5. The lowest BCUT2D eigenvalue weighted by atomic mass is 9.98. The van der Waals surface area contributed by atoms with E-state index in [-0.39, 0.29) is 25.0 Å². The Morgan fingerprint density at radius 3 is 2.20 bits per heavy atom. The molecule has 4 rings (SSSR count). The lowest BCUT2D eigenvalue weighted by molar-refractivity contribution is -0.140. The first kappa shape index (κ1) is 24.2. The van der Waals surface area contributed by atoms with Crippen LogP contribution in [0.1, 0.15) is 23.5 Å². The minimum absolute atomic E-state index is 0.0246. The summed E-state index contributed by atoms with van der Waals surface area (Å²) < 4.78 is 10.6. The molecular formula is C25H27N3O7. The molecule has 0 saturated carbocycles. The molecule has 1 atom stereocenters. The zero-order valence-electron chi connectivity index (χ0n) is 19.1. The summed E-state index contributed by atoms with van der Waals surface area (Å²) in [6.45, 7) is 1.41. The van der Waals surface area contributed by atoms with E-state index in [4.69, 9.17) is 9.47 Å². The zero-order chi connectivity index (χ0) is 24.8. The van der Waals surface area contributed by atoms with E-state index in [1.807, 2.05) is 48.5 Å². The minimum Gasteiger partial charge on any atom is -0.481 e. The number of rotatable bonds is 8. The summed E-state index contributed by atoms with van der Waals surface area (Å²) >= 11 is 0. The van der Waals surface area contributed by atoms with Gasteiger partial charge in [-0.2, -0.15) is 0 Å². The van der Waals surface area contributed by atoms with Crippen LogP contribution in [0.2, 0.25) is 0 Å². The number of nitrogens with zero attached hydrogens (tertiary/aromatic N) is 1. The Morgan fingerprint density at radius 1 is 1.00 bits per heavy atom. The second kappa shape index (κ2) is 11.0. The van der Waals surface area contributed by atoms with Gasteiger partial charge in [-0.1, -0.05) is 48.5 Å². The molecule has 2 aliphatic rings. The second-order valence-corrected chi connectivity index (χ2v) is 8.33. The third-order valence-corrected chi connectivity index (χ3v) is 6.11. The number of carbonyl (C=O) groups excluding carboxylic acids is 3. The van der Waals surface area contributed by atoms with Crippen LogP contribution in [0.5, 0.6) is 0 Å². The van der Waals surface area contributed by atoms with E-state index in [2.05, 4.69) is 10.6 Å². The van der Waals surface area contributed by atoms with Gasteiger partial charge in [-0.3, -0.25) is 14.4 Å². The molecule has 0 bridgehead atoms. The standard InChI is InChI=1S/C25H27N3O7/c29-22(28-9-11-34-12-10-28)14-26-24(32)21(13-23(30)31)27-25(33)35-15-20-18-7-3-1-5-16(18)17-6-2-4-8-19(17)20/h1-8,20-21H,9-15H2,(H,26,32)(H,27,33)(H,30,31). The van der Waals surface area contributed by atoms with Crippen LogP contribution < -0.4 is 10.6 Å². The summed E-state index contributed by atoms with van der Waals surface area (Å²) in [5.74, 6) is -2.53. The number of carbonyl (C=O) groups is 4. The lowest BCUT2D eigenvalue weighted by Gasteiger charge is -2.27. The molecule has 1 aliphatic carbocycles. The quantitative estimate of drug-likeness (QED) is 0.518. The molecule has 1 aliphatic heterocycles. The van der Waals surface area contributed by atoms with Gasteiger partial charge in [0, 0.05) is 19.0 Å². The van der Waals surface area contributed by atoms with Gasteiger partial charge in [-0.15, -0.1) is 0 Å². The predicted octanol–water partition coefficient (Wildman–Crippen LogP) is 1.34. The Kier molecular flexibility index (Phi) is 7.61. The highest BCUT2D eigenvalue weighted by molar-refractivity contribution is 5.92. The maximum absolute atomic E-state index is 12.5. The number of nitrogens with one attached hydrogen (secondary N) is 2. The van der Waals surface area contributed by atoms with Gasteiger partial charge in [-0.05, 0) is 22.3 Å². The van der Waals surface area contributed by atoms with Gasteiger partial charge in [0.05, 0.1) is 26.2 Å². The number of carboxylic acids is 1. The number of morpholine rings is 1. The van der Waals surface area contributed by atoms with Crippen LogP contribution in [0.4, 0.5) is 4.79 Å². The summed E-state index contributed by atoms with van der Waals surface area (Å²) in [6.07, 6.45) is -1.56. The van der Waals surface area contributed by atoms with Crippen molar-refractivity contribution in [1.29, 1.82) is 0 Å². The fraction of sp³-hybridized carbons (Fsp3) is 0.360. The fourth-order valence-electron chi connectivity index (χ4n) is 4.38. The topological polar surface area (TPSA) is 134 Å². The molecule has 3 N–H and O–H groups in total. The van der Waals surface area contributed by atoms with Crippen molar-refractivity contribution in [3.05, 3.63) is 59.7 Å². The largest absolute Gasteiger partial charge is 0.481 e. The van der Waals surface area contributed by atoms with Gasteiger partial charge in [0.15, 0.2) is 0 Å². The van der Waals surface area contributed by atoms with Crippen LogP contribution in [-0.4, -0.2) is 79.4 Å². The molecule has 0 radical (unpaired) electrons. The molecular weight excluding hydrogens is 454 g/mol. The van der Waals surface area contributed by atoms with Gasteiger partial charge >= 0.3 is 12.1 Å². The molecule has 2 aromatic carbocycles. The molecule has 3 amide bonds. The Balaban J connectivity index is 1.34. The van der Waals surface area contributed by atoms with E-state index >= 15 is 0 Å². The number of benzene rings is 2. The molecule has 1 unspecified atom stereocenters. The summed E-state index contributed by atoms with van der Waals surface area (Å²) in [5, 5.41) is 13.9. The first-order valence-corrected chi connectivity index (χ1v) is 11.4. The molecule has 1 saturated heterocycles. The first-order chi connectivity index (χ1) is 16.9. The molecule has 1 fully saturated rings. The van der Waals surface area contributed by atoms with Crippen molar-refractivity contribution in [3.63, 3.8) is 0 Å². The molecule has 2 aromatic rings. The Bertz CT molecular complexity index is 1070. The van der Waals surface area contributed by atoms with Gasteiger partial charge in [0.2, 0.25) is 11.8 Å². The van der Waals surface area contributed by atoms with Crippen LogP contribution >= 0.6 is 0 Å². The molecule has 10 heteroatoms. The first-order valence-electron chi connectivity index (χ1n) is 11.4. The fourth-order valence-corrected chi connectivity index (χ4v) is 4.38. The normalized spacial score (nSPS) is 15.5. The average molecular weight is 482 g/mol. The highest BCUT2D eigenvalue weighted by Crippen LogP contribution is 2.44. The van der Waals surface area contributed by atoms with Crippen molar-refractivity contribution < 1.29 is 33.8 Å². The SMILES string of the molecule is O=C(O)CC(NC(=O)OCC1c2ccccc2-c2ccccc21)C(=O)NCC(=O)N1CCOCC1. The molecule has 0 spiro atoms. The molecule has 0 aromatic heterocycles. The van der Waals surface area contributed by atoms with Crippen LogP contribution in [0.15, 0.2) is 48.5 Å². The number of carboxylic acid groups (broad SMARTS) is 1. The highest BCUT2D eigenvalue weighted by atomic mass is 16.5. The zero-order valence-corrected chi connectivity index (χ0v) is 19.1. The van der Waals surface area contributed by atoms with E-state index in [1.54, 1.807) is 4.90 Å². The highest BCUT2D eigenvalue weighted by Gasteiger charge is 2.30. The van der Waals surface area contributed by atoms with Crippen molar-refractivity contribution in [2.24, 2.45) is 0 Å².